The molecule has 7 heteroatoms. The minimum Gasteiger partial charge on any atom is -0.477 e. The molecule has 2 rings (SSSR count). The van der Waals surface area contributed by atoms with Crippen LogP contribution >= 0.6 is 0 Å². The first-order valence-electron chi connectivity index (χ1n) is 7.16. The second-order valence-corrected chi connectivity index (χ2v) is 5.38. The lowest BCUT2D eigenvalue weighted by Gasteiger charge is -2.16. The topological polar surface area (TPSA) is 102 Å². The molecule has 0 saturated carbocycles. The molecule has 0 aliphatic rings. The highest BCUT2D eigenvalue weighted by atomic mass is 16.4. The Kier molecular flexibility index (Phi) is 5.00. The van der Waals surface area contributed by atoms with Crippen LogP contribution in [0.3, 0.4) is 0 Å². The van der Waals surface area contributed by atoms with Crippen molar-refractivity contribution in [1.82, 2.24) is 9.88 Å². The third kappa shape index (κ3) is 3.88. The average molecular weight is 318 g/mol. The number of carboxylic acids is 1. The first kappa shape index (κ1) is 16.5. The summed E-state index contributed by atoms with van der Waals surface area (Å²) < 4.78 is 6.31. The van der Waals surface area contributed by atoms with Crippen molar-refractivity contribution >= 4 is 11.9 Å². The van der Waals surface area contributed by atoms with Gasteiger partial charge in [-0.05, 0) is 30.2 Å². The maximum absolute atomic E-state index is 12.3. The van der Waals surface area contributed by atoms with Crippen LogP contribution in [-0.2, 0) is 17.9 Å². The Labute approximate surface area is 132 Å². The van der Waals surface area contributed by atoms with E-state index in [4.69, 9.17) is 9.52 Å². The fourth-order valence-corrected chi connectivity index (χ4v) is 2.22. The Bertz CT molecular complexity index is 759. The molecular formula is C16H18N2O5. The summed E-state index contributed by atoms with van der Waals surface area (Å²) in [4.78, 5) is 35.4. The van der Waals surface area contributed by atoms with Gasteiger partial charge >= 0.3 is 5.97 Å². The molecule has 23 heavy (non-hydrogen) atoms. The summed E-state index contributed by atoms with van der Waals surface area (Å²) in [7, 11) is 0. The van der Waals surface area contributed by atoms with Crippen molar-refractivity contribution in [2.24, 2.45) is 0 Å². The van der Waals surface area contributed by atoms with E-state index in [1.165, 1.54) is 16.9 Å². The SMILES string of the molecule is CC(C)c1ccc(C(=O)O)c(=O)n1CC(=O)NCc1ccco1. The second kappa shape index (κ2) is 6.95. The van der Waals surface area contributed by atoms with Gasteiger partial charge in [0.05, 0.1) is 12.8 Å². The van der Waals surface area contributed by atoms with E-state index in [-0.39, 0.29) is 24.6 Å². The van der Waals surface area contributed by atoms with Gasteiger partial charge in [-0.3, -0.25) is 9.59 Å². The Morgan fingerprint density at radius 2 is 2.04 bits per heavy atom. The molecule has 0 aliphatic carbocycles. The van der Waals surface area contributed by atoms with Crippen molar-refractivity contribution in [2.75, 3.05) is 0 Å². The molecule has 2 heterocycles. The number of nitrogens with zero attached hydrogens (tertiary/aromatic N) is 1. The van der Waals surface area contributed by atoms with Crippen LogP contribution in [0.1, 0.15) is 41.6 Å². The van der Waals surface area contributed by atoms with E-state index < -0.39 is 17.4 Å². The number of aromatic carboxylic acids is 1. The van der Waals surface area contributed by atoms with E-state index in [1.807, 2.05) is 13.8 Å². The van der Waals surface area contributed by atoms with Gasteiger partial charge in [0.2, 0.25) is 5.91 Å². The molecule has 2 N–H and O–H groups in total. The van der Waals surface area contributed by atoms with Crippen molar-refractivity contribution in [3.05, 3.63) is 57.9 Å². The fraction of sp³-hybridized carbons (Fsp3) is 0.312. The second-order valence-electron chi connectivity index (χ2n) is 5.38. The molecule has 122 valence electrons. The molecule has 0 aliphatic heterocycles. The number of aromatic nitrogens is 1. The number of carbonyl (C=O) groups excluding carboxylic acids is 1. The maximum atomic E-state index is 12.3. The molecule has 0 radical (unpaired) electrons. The van der Waals surface area contributed by atoms with E-state index in [0.29, 0.717) is 11.5 Å². The van der Waals surface area contributed by atoms with Crippen LogP contribution in [0.2, 0.25) is 0 Å². The van der Waals surface area contributed by atoms with Gasteiger partial charge in [0.1, 0.15) is 17.9 Å². The number of pyridine rings is 1. The average Bonchev–Trinajstić information content (AvgIpc) is 2.99. The van der Waals surface area contributed by atoms with Gasteiger partial charge in [-0.25, -0.2) is 4.79 Å². The number of nitrogens with one attached hydrogen (secondary N) is 1. The zero-order valence-electron chi connectivity index (χ0n) is 12.9. The predicted molar refractivity (Wildman–Crippen MR) is 82.3 cm³/mol. The van der Waals surface area contributed by atoms with Crippen LogP contribution in [0.25, 0.3) is 0 Å². The number of carbonyl (C=O) groups is 2. The highest BCUT2D eigenvalue weighted by Crippen LogP contribution is 2.13. The third-order valence-corrected chi connectivity index (χ3v) is 3.37. The third-order valence-electron chi connectivity index (χ3n) is 3.37. The fourth-order valence-electron chi connectivity index (χ4n) is 2.22. The smallest absolute Gasteiger partial charge is 0.341 e. The molecule has 2 aromatic rings. The standard InChI is InChI=1S/C16H18N2O5/c1-10(2)13-6-5-12(16(21)22)15(20)18(13)9-14(19)17-8-11-4-3-7-23-11/h3-7,10H,8-9H2,1-2H3,(H,17,19)(H,21,22). The zero-order valence-corrected chi connectivity index (χ0v) is 12.9. The highest BCUT2D eigenvalue weighted by molar-refractivity contribution is 5.87. The van der Waals surface area contributed by atoms with Crippen LogP contribution in [-0.4, -0.2) is 21.6 Å². The summed E-state index contributed by atoms with van der Waals surface area (Å²) in [5, 5.41) is 11.7. The van der Waals surface area contributed by atoms with Crippen LogP contribution in [0, 0.1) is 0 Å². The van der Waals surface area contributed by atoms with Gasteiger partial charge in [-0.1, -0.05) is 13.8 Å². The molecule has 0 saturated heterocycles. The number of rotatable bonds is 6. The van der Waals surface area contributed by atoms with Crippen molar-refractivity contribution in [3.8, 4) is 0 Å². The van der Waals surface area contributed by atoms with E-state index >= 15 is 0 Å². The lowest BCUT2D eigenvalue weighted by Crippen LogP contribution is -2.36. The lowest BCUT2D eigenvalue weighted by atomic mass is 10.1. The normalized spacial score (nSPS) is 10.7. The van der Waals surface area contributed by atoms with E-state index in [2.05, 4.69) is 5.32 Å². The molecule has 2 aromatic heterocycles. The molecule has 0 unspecified atom stereocenters. The van der Waals surface area contributed by atoms with Gasteiger partial charge in [0.15, 0.2) is 0 Å². The summed E-state index contributed by atoms with van der Waals surface area (Å²) in [6, 6.07) is 6.27. The van der Waals surface area contributed by atoms with Crippen LogP contribution in [0.15, 0.2) is 39.7 Å². The highest BCUT2D eigenvalue weighted by Gasteiger charge is 2.17. The number of hydrogen-bond donors (Lipinski definition) is 2. The van der Waals surface area contributed by atoms with Gasteiger partial charge in [-0.2, -0.15) is 0 Å². The maximum Gasteiger partial charge on any atom is 0.341 e. The monoisotopic (exact) mass is 318 g/mol. The molecule has 0 atom stereocenters. The summed E-state index contributed by atoms with van der Waals surface area (Å²) in [5.74, 6) is -1.14. The van der Waals surface area contributed by atoms with Crippen molar-refractivity contribution in [3.63, 3.8) is 0 Å². The first-order chi connectivity index (χ1) is 10.9. The Morgan fingerprint density at radius 3 is 2.61 bits per heavy atom. The predicted octanol–water partition coefficient (Wildman–Crippen LogP) is 1.58. The van der Waals surface area contributed by atoms with Gasteiger partial charge < -0.3 is 19.4 Å². The Balaban J connectivity index is 2.22. The lowest BCUT2D eigenvalue weighted by molar-refractivity contribution is -0.122. The van der Waals surface area contributed by atoms with Gasteiger partial charge in [0.25, 0.3) is 5.56 Å². The Hall–Kier alpha value is -2.83. The summed E-state index contributed by atoms with van der Waals surface area (Å²) in [6.45, 7) is 3.70. The molecule has 0 aromatic carbocycles. The molecule has 7 nitrogen and oxygen atoms in total. The summed E-state index contributed by atoms with van der Waals surface area (Å²) >= 11 is 0. The van der Waals surface area contributed by atoms with Gasteiger partial charge in [-0.15, -0.1) is 0 Å². The minimum atomic E-state index is -1.31. The van der Waals surface area contributed by atoms with Crippen LogP contribution in [0.4, 0.5) is 0 Å². The van der Waals surface area contributed by atoms with E-state index in [1.54, 1.807) is 18.2 Å². The number of furan rings is 1. The van der Waals surface area contributed by atoms with Crippen molar-refractivity contribution in [2.45, 2.75) is 32.9 Å². The minimum absolute atomic E-state index is 0.0246. The van der Waals surface area contributed by atoms with Crippen LogP contribution < -0.4 is 10.9 Å². The summed E-state index contributed by atoms with van der Waals surface area (Å²) in [5.41, 5.74) is -0.432. The quantitative estimate of drug-likeness (QED) is 0.842. The zero-order chi connectivity index (χ0) is 17.0. The molecule has 1 amide bonds. The van der Waals surface area contributed by atoms with Gasteiger partial charge in [0, 0.05) is 5.69 Å². The van der Waals surface area contributed by atoms with Crippen molar-refractivity contribution < 1.29 is 19.1 Å². The number of carboxylic acid groups (broad SMARTS) is 1. The number of hydrogen-bond acceptors (Lipinski definition) is 4. The van der Waals surface area contributed by atoms with E-state index in [0.717, 1.165) is 0 Å². The molecular weight excluding hydrogens is 300 g/mol. The molecule has 0 bridgehead atoms. The molecule has 0 spiro atoms. The Morgan fingerprint density at radius 1 is 1.30 bits per heavy atom. The molecule has 0 fully saturated rings. The first-order valence-corrected chi connectivity index (χ1v) is 7.16. The number of amides is 1. The van der Waals surface area contributed by atoms with E-state index in [9.17, 15) is 14.4 Å². The largest absolute Gasteiger partial charge is 0.477 e. The van der Waals surface area contributed by atoms with Crippen molar-refractivity contribution in [1.29, 1.82) is 0 Å². The van der Waals surface area contributed by atoms with Crippen LogP contribution in [0.5, 0.6) is 0 Å². The summed E-state index contributed by atoms with van der Waals surface area (Å²) in [6.07, 6.45) is 1.50.